The Bertz CT molecular complexity index is 941. The van der Waals surface area contributed by atoms with Crippen LogP contribution in [-0.4, -0.2) is 31.8 Å². The fourth-order valence-electron chi connectivity index (χ4n) is 2.50. The van der Waals surface area contributed by atoms with E-state index < -0.39 is 10.0 Å². The number of rotatable bonds is 5. The highest BCUT2D eigenvalue weighted by Crippen LogP contribution is 2.30. The third-order valence-corrected chi connectivity index (χ3v) is 6.10. The molecule has 0 saturated heterocycles. The molecule has 1 aliphatic rings. The van der Waals surface area contributed by atoms with Crippen LogP contribution in [0.1, 0.15) is 11.1 Å². The fourth-order valence-corrected chi connectivity index (χ4v) is 4.55. The molecule has 3 rings (SSSR count). The van der Waals surface area contributed by atoms with Crippen LogP contribution in [-0.2, 0) is 21.2 Å². The summed E-state index contributed by atoms with van der Waals surface area (Å²) < 4.78 is 28.2. The van der Waals surface area contributed by atoms with Crippen molar-refractivity contribution < 1.29 is 13.2 Å². The third-order valence-electron chi connectivity index (χ3n) is 3.78. The monoisotopic (exact) mass is 389 g/mol. The number of sulfonamides is 1. The summed E-state index contributed by atoms with van der Waals surface area (Å²) in [5, 5.41) is 6.02. The molecule has 0 atom stereocenters. The Balaban J connectivity index is 1.53. The number of hydrogen-bond acceptors (Lipinski definition) is 5. The maximum Gasteiger partial charge on any atom is 0.286 e. The number of carbonyl (C=O) groups excluding carboxylic acids is 1. The quantitative estimate of drug-likeness (QED) is 0.821. The summed E-state index contributed by atoms with van der Waals surface area (Å²) in [6, 6.07) is 14.9. The summed E-state index contributed by atoms with van der Waals surface area (Å²) >= 11 is 1.07. The SMILES string of the molecule is Cc1ccc2c(c1)NC(SCC(=O)NCCc1ccccc1)=NS2(=O)=O. The molecule has 2 aromatic carbocycles. The number of fused-ring (bicyclic) bond motifs is 1. The molecule has 0 aliphatic carbocycles. The van der Waals surface area contributed by atoms with E-state index in [2.05, 4.69) is 15.0 Å². The van der Waals surface area contributed by atoms with Gasteiger partial charge in [-0.2, -0.15) is 8.42 Å². The molecule has 0 saturated carbocycles. The Morgan fingerprint density at radius 3 is 2.73 bits per heavy atom. The Labute approximate surface area is 157 Å². The number of anilines is 1. The zero-order valence-corrected chi connectivity index (χ0v) is 15.9. The van der Waals surface area contributed by atoms with Gasteiger partial charge in [0.15, 0.2) is 5.17 Å². The lowest BCUT2D eigenvalue weighted by molar-refractivity contribution is -0.118. The summed E-state index contributed by atoms with van der Waals surface area (Å²) in [7, 11) is -3.74. The van der Waals surface area contributed by atoms with E-state index >= 15 is 0 Å². The minimum absolute atomic E-state index is 0.0945. The minimum atomic E-state index is -3.74. The lowest BCUT2D eigenvalue weighted by atomic mass is 10.1. The maximum atomic E-state index is 12.2. The van der Waals surface area contributed by atoms with Crippen LogP contribution < -0.4 is 10.6 Å². The highest BCUT2D eigenvalue weighted by molar-refractivity contribution is 8.15. The molecule has 2 N–H and O–H groups in total. The van der Waals surface area contributed by atoms with Crippen molar-refractivity contribution >= 4 is 38.5 Å². The second-order valence-corrected chi connectivity index (χ2v) is 8.41. The summed E-state index contributed by atoms with van der Waals surface area (Å²) in [4.78, 5) is 12.1. The summed E-state index contributed by atoms with van der Waals surface area (Å²) in [6.45, 7) is 2.41. The van der Waals surface area contributed by atoms with E-state index in [0.717, 1.165) is 29.3 Å². The summed E-state index contributed by atoms with van der Waals surface area (Å²) in [5.74, 6) is -0.0695. The van der Waals surface area contributed by atoms with Gasteiger partial charge in [0.1, 0.15) is 4.90 Å². The van der Waals surface area contributed by atoms with Gasteiger partial charge in [0.25, 0.3) is 10.0 Å². The van der Waals surface area contributed by atoms with Crippen LogP contribution in [0.2, 0.25) is 0 Å². The van der Waals surface area contributed by atoms with Crippen molar-refractivity contribution in [3.05, 3.63) is 59.7 Å². The number of nitrogens with zero attached hydrogens (tertiary/aromatic N) is 1. The zero-order chi connectivity index (χ0) is 18.6. The van der Waals surface area contributed by atoms with Gasteiger partial charge in [-0.3, -0.25) is 4.79 Å². The lowest BCUT2D eigenvalue weighted by Crippen LogP contribution is -2.29. The number of hydrogen-bond donors (Lipinski definition) is 2. The van der Waals surface area contributed by atoms with E-state index in [1.807, 2.05) is 37.3 Å². The van der Waals surface area contributed by atoms with E-state index in [-0.39, 0.29) is 21.7 Å². The van der Waals surface area contributed by atoms with Gasteiger partial charge in [0.2, 0.25) is 5.91 Å². The van der Waals surface area contributed by atoms with Crippen LogP contribution >= 0.6 is 11.8 Å². The molecule has 1 heterocycles. The van der Waals surface area contributed by atoms with Crippen molar-refractivity contribution in [3.63, 3.8) is 0 Å². The van der Waals surface area contributed by atoms with E-state index in [1.54, 1.807) is 12.1 Å². The number of carbonyl (C=O) groups is 1. The van der Waals surface area contributed by atoms with Gasteiger partial charge in [-0.15, -0.1) is 4.40 Å². The highest BCUT2D eigenvalue weighted by atomic mass is 32.2. The van der Waals surface area contributed by atoms with Crippen molar-refractivity contribution in [3.8, 4) is 0 Å². The van der Waals surface area contributed by atoms with Crippen molar-refractivity contribution in [1.29, 1.82) is 0 Å². The van der Waals surface area contributed by atoms with Gasteiger partial charge >= 0.3 is 0 Å². The van der Waals surface area contributed by atoms with Crippen molar-refractivity contribution in [1.82, 2.24) is 5.32 Å². The van der Waals surface area contributed by atoms with Crippen molar-refractivity contribution in [2.75, 3.05) is 17.6 Å². The molecule has 0 radical (unpaired) electrons. The zero-order valence-electron chi connectivity index (χ0n) is 14.2. The van der Waals surface area contributed by atoms with Crippen LogP contribution in [0.3, 0.4) is 0 Å². The van der Waals surface area contributed by atoms with Crippen LogP contribution in [0.5, 0.6) is 0 Å². The molecule has 8 heteroatoms. The van der Waals surface area contributed by atoms with Crippen LogP contribution in [0, 0.1) is 6.92 Å². The molecule has 0 unspecified atom stereocenters. The Morgan fingerprint density at radius 1 is 1.19 bits per heavy atom. The molecule has 2 aromatic rings. The second kappa shape index (κ2) is 7.92. The number of amidine groups is 1. The summed E-state index contributed by atoms with van der Waals surface area (Å²) in [6.07, 6.45) is 0.747. The molecule has 0 bridgehead atoms. The molecule has 0 aromatic heterocycles. The molecular weight excluding hydrogens is 370 g/mol. The second-order valence-electron chi connectivity index (χ2n) is 5.87. The molecule has 1 amide bonds. The average Bonchev–Trinajstić information content (AvgIpc) is 2.60. The number of amides is 1. The molecule has 1 aliphatic heterocycles. The van der Waals surface area contributed by atoms with Gasteiger partial charge in [-0.25, -0.2) is 0 Å². The van der Waals surface area contributed by atoms with Crippen LogP contribution in [0.4, 0.5) is 5.69 Å². The average molecular weight is 390 g/mol. The van der Waals surface area contributed by atoms with Crippen molar-refractivity contribution in [2.24, 2.45) is 4.40 Å². The van der Waals surface area contributed by atoms with Gasteiger partial charge in [0, 0.05) is 6.54 Å². The van der Waals surface area contributed by atoms with E-state index in [0.29, 0.717) is 12.2 Å². The number of aryl methyl sites for hydroxylation is 1. The number of nitrogens with one attached hydrogen (secondary N) is 2. The first-order chi connectivity index (χ1) is 12.4. The third kappa shape index (κ3) is 4.64. The molecule has 0 spiro atoms. The largest absolute Gasteiger partial charge is 0.355 e. The normalized spacial score (nSPS) is 14.7. The van der Waals surface area contributed by atoms with E-state index in [4.69, 9.17) is 0 Å². The standard InChI is InChI=1S/C18H19N3O3S2/c1-13-7-8-16-15(11-13)20-18(21-26(16,23)24)25-12-17(22)19-10-9-14-5-3-2-4-6-14/h2-8,11H,9-10,12H2,1H3,(H,19,22)(H,20,21). The van der Waals surface area contributed by atoms with E-state index in [1.165, 1.54) is 6.07 Å². The number of benzene rings is 2. The Morgan fingerprint density at radius 2 is 1.96 bits per heavy atom. The Kier molecular flexibility index (Phi) is 5.63. The van der Waals surface area contributed by atoms with Gasteiger partial charge in [-0.05, 0) is 36.6 Å². The molecule has 6 nitrogen and oxygen atoms in total. The summed E-state index contributed by atoms with van der Waals surface area (Å²) in [5.41, 5.74) is 2.58. The first-order valence-electron chi connectivity index (χ1n) is 8.10. The minimum Gasteiger partial charge on any atom is -0.355 e. The predicted molar refractivity (Wildman–Crippen MR) is 105 cm³/mol. The highest BCUT2D eigenvalue weighted by Gasteiger charge is 2.25. The van der Waals surface area contributed by atoms with Gasteiger partial charge < -0.3 is 10.6 Å². The molecule has 136 valence electrons. The predicted octanol–water partition coefficient (Wildman–Crippen LogP) is 2.56. The lowest BCUT2D eigenvalue weighted by Gasteiger charge is -2.18. The topological polar surface area (TPSA) is 87.6 Å². The smallest absolute Gasteiger partial charge is 0.286 e. The number of thioether (sulfide) groups is 1. The van der Waals surface area contributed by atoms with Crippen molar-refractivity contribution in [2.45, 2.75) is 18.2 Å². The molecule has 26 heavy (non-hydrogen) atoms. The first-order valence-corrected chi connectivity index (χ1v) is 10.5. The van der Waals surface area contributed by atoms with Gasteiger partial charge in [0.05, 0.1) is 11.4 Å². The Hall–Kier alpha value is -2.32. The fraction of sp³-hybridized carbons (Fsp3) is 0.222. The van der Waals surface area contributed by atoms with Gasteiger partial charge in [-0.1, -0.05) is 48.2 Å². The molecule has 0 fully saturated rings. The first kappa shape index (κ1) is 18.5. The van der Waals surface area contributed by atoms with E-state index in [9.17, 15) is 13.2 Å². The van der Waals surface area contributed by atoms with Crippen LogP contribution in [0.25, 0.3) is 0 Å². The van der Waals surface area contributed by atoms with Crippen LogP contribution in [0.15, 0.2) is 57.8 Å². The maximum absolute atomic E-state index is 12.2. The molecular formula is C18H19N3O3S2.